The molecule has 0 aliphatic heterocycles. The van der Waals surface area contributed by atoms with Crippen LogP contribution < -0.4 is 5.32 Å². The van der Waals surface area contributed by atoms with Crippen molar-refractivity contribution in [3.63, 3.8) is 0 Å². The Morgan fingerprint density at radius 2 is 1.66 bits per heavy atom. The summed E-state index contributed by atoms with van der Waals surface area (Å²) in [5.74, 6) is -0.393. The Labute approximate surface area is 178 Å². The van der Waals surface area contributed by atoms with Gasteiger partial charge in [-0.3, -0.25) is 10.1 Å². The number of carbonyl (C=O) groups is 1. The van der Waals surface area contributed by atoms with Gasteiger partial charge in [0.1, 0.15) is 5.01 Å². The number of hydrogen-bond donors (Lipinski definition) is 1. The molecule has 2 aromatic carbocycles. The van der Waals surface area contributed by atoms with Crippen molar-refractivity contribution in [2.45, 2.75) is 18.7 Å². The Balaban J connectivity index is 1.72. The molecule has 7 nitrogen and oxygen atoms in total. The number of nitrogens with zero attached hydrogens (tertiary/aromatic N) is 3. The van der Waals surface area contributed by atoms with E-state index in [0.29, 0.717) is 33.8 Å². The van der Waals surface area contributed by atoms with Crippen LogP contribution in [0.2, 0.25) is 5.02 Å². The summed E-state index contributed by atoms with van der Waals surface area (Å²) in [4.78, 5) is 12.6. The van der Waals surface area contributed by atoms with E-state index < -0.39 is 15.9 Å². The first-order chi connectivity index (χ1) is 13.8. The van der Waals surface area contributed by atoms with Gasteiger partial charge in [0.25, 0.3) is 5.91 Å². The molecule has 0 saturated heterocycles. The molecule has 1 aromatic heterocycles. The minimum Gasteiger partial charge on any atom is -0.296 e. The van der Waals surface area contributed by atoms with Gasteiger partial charge < -0.3 is 0 Å². The first-order valence-electron chi connectivity index (χ1n) is 8.86. The lowest BCUT2D eigenvalue weighted by Gasteiger charge is -2.18. The number of halogens is 1. The van der Waals surface area contributed by atoms with Crippen LogP contribution in [0.3, 0.4) is 0 Å². The highest BCUT2D eigenvalue weighted by Crippen LogP contribution is 2.27. The topological polar surface area (TPSA) is 92.3 Å². The number of benzene rings is 2. The van der Waals surface area contributed by atoms with Crippen LogP contribution in [-0.4, -0.2) is 41.9 Å². The van der Waals surface area contributed by atoms with Crippen LogP contribution in [0.5, 0.6) is 0 Å². The molecule has 0 aliphatic rings. The number of amides is 1. The quantitative estimate of drug-likeness (QED) is 0.584. The maximum Gasteiger partial charge on any atom is 0.257 e. The normalized spacial score (nSPS) is 11.6. The Morgan fingerprint density at radius 3 is 2.24 bits per heavy atom. The fourth-order valence-electron chi connectivity index (χ4n) is 2.64. The largest absolute Gasteiger partial charge is 0.296 e. The average molecular weight is 451 g/mol. The molecule has 0 spiro atoms. The molecule has 29 heavy (non-hydrogen) atoms. The molecule has 0 radical (unpaired) electrons. The lowest BCUT2D eigenvalue weighted by molar-refractivity contribution is 0.102. The number of sulfonamides is 1. The van der Waals surface area contributed by atoms with Crippen molar-refractivity contribution in [3.8, 4) is 10.6 Å². The zero-order chi connectivity index (χ0) is 21.0. The first kappa shape index (κ1) is 21.4. The Kier molecular flexibility index (Phi) is 6.63. The minimum atomic E-state index is -3.56. The molecule has 0 atom stereocenters. The fourth-order valence-corrected chi connectivity index (χ4v) is 4.97. The van der Waals surface area contributed by atoms with Gasteiger partial charge in [0, 0.05) is 29.2 Å². The van der Waals surface area contributed by atoms with Gasteiger partial charge in [0.05, 0.1) is 4.90 Å². The predicted molar refractivity (Wildman–Crippen MR) is 115 cm³/mol. The average Bonchev–Trinajstić information content (AvgIpc) is 3.17. The van der Waals surface area contributed by atoms with Gasteiger partial charge in [0.15, 0.2) is 0 Å². The summed E-state index contributed by atoms with van der Waals surface area (Å²) in [6, 6.07) is 13.0. The zero-order valence-electron chi connectivity index (χ0n) is 15.8. The van der Waals surface area contributed by atoms with Gasteiger partial charge in [-0.15, -0.1) is 10.2 Å². The molecular formula is C19H19ClN4O3S2. The molecular weight excluding hydrogens is 432 g/mol. The van der Waals surface area contributed by atoms with Crippen LogP contribution in [0.25, 0.3) is 10.6 Å². The molecule has 10 heteroatoms. The van der Waals surface area contributed by atoms with Crippen LogP contribution in [-0.2, 0) is 10.0 Å². The Hall–Kier alpha value is -2.33. The van der Waals surface area contributed by atoms with Gasteiger partial charge >= 0.3 is 0 Å². The summed E-state index contributed by atoms with van der Waals surface area (Å²) < 4.78 is 26.4. The van der Waals surface area contributed by atoms with Crippen molar-refractivity contribution >= 4 is 44.0 Å². The second-order valence-corrected chi connectivity index (χ2v) is 9.34. The van der Waals surface area contributed by atoms with Crippen LogP contribution in [0.4, 0.5) is 5.13 Å². The number of rotatable bonds is 7. The maximum atomic E-state index is 12.5. The predicted octanol–water partition coefficient (Wildman–Crippen LogP) is 4.14. The van der Waals surface area contributed by atoms with Crippen molar-refractivity contribution in [2.24, 2.45) is 0 Å². The number of hydrogen-bond acceptors (Lipinski definition) is 6. The number of aromatic nitrogens is 2. The van der Waals surface area contributed by atoms with E-state index in [1.807, 2.05) is 12.1 Å². The molecule has 3 rings (SSSR count). The van der Waals surface area contributed by atoms with E-state index in [1.54, 1.807) is 26.0 Å². The van der Waals surface area contributed by atoms with Crippen molar-refractivity contribution in [1.29, 1.82) is 0 Å². The van der Waals surface area contributed by atoms with E-state index in [1.165, 1.54) is 39.9 Å². The van der Waals surface area contributed by atoms with E-state index in [2.05, 4.69) is 15.5 Å². The van der Waals surface area contributed by atoms with Crippen LogP contribution in [0.1, 0.15) is 24.2 Å². The second-order valence-electron chi connectivity index (χ2n) is 5.99. The third-order valence-corrected chi connectivity index (χ3v) is 7.40. The second kappa shape index (κ2) is 9.00. The highest BCUT2D eigenvalue weighted by Gasteiger charge is 2.22. The van der Waals surface area contributed by atoms with Crippen LogP contribution >= 0.6 is 22.9 Å². The molecule has 1 N–H and O–H groups in total. The lowest BCUT2D eigenvalue weighted by Crippen LogP contribution is -2.30. The molecule has 0 fully saturated rings. The molecule has 0 aliphatic carbocycles. The smallest absolute Gasteiger partial charge is 0.257 e. The molecule has 3 aromatic rings. The van der Waals surface area contributed by atoms with E-state index in [-0.39, 0.29) is 4.90 Å². The Bertz CT molecular complexity index is 1090. The fraction of sp³-hybridized carbons (Fsp3) is 0.211. The van der Waals surface area contributed by atoms with Gasteiger partial charge in [-0.2, -0.15) is 4.31 Å². The first-order valence-corrected chi connectivity index (χ1v) is 11.5. The van der Waals surface area contributed by atoms with E-state index in [4.69, 9.17) is 11.6 Å². The monoisotopic (exact) mass is 450 g/mol. The molecule has 0 saturated carbocycles. The van der Waals surface area contributed by atoms with Gasteiger partial charge in [-0.1, -0.05) is 48.9 Å². The summed E-state index contributed by atoms with van der Waals surface area (Å²) >= 11 is 7.12. The highest BCUT2D eigenvalue weighted by atomic mass is 35.5. The minimum absolute atomic E-state index is 0.152. The number of nitrogens with one attached hydrogen (secondary N) is 1. The van der Waals surface area contributed by atoms with Crippen molar-refractivity contribution in [1.82, 2.24) is 14.5 Å². The molecule has 1 amide bonds. The Morgan fingerprint density at radius 1 is 1.03 bits per heavy atom. The van der Waals surface area contributed by atoms with Crippen LogP contribution in [0, 0.1) is 0 Å². The maximum absolute atomic E-state index is 12.5. The van der Waals surface area contributed by atoms with Crippen molar-refractivity contribution < 1.29 is 13.2 Å². The molecule has 1 heterocycles. The van der Waals surface area contributed by atoms with E-state index >= 15 is 0 Å². The van der Waals surface area contributed by atoms with E-state index in [0.717, 1.165) is 5.56 Å². The van der Waals surface area contributed by atoms with E-state index in [9.17, 15) is 13.2 Å². The highest BCUT2D eigenvalue weighted by molar-refractivity contribution is 7.89. The summed E-state index contributed by atoms with van der Waals surface area (Å²) in [7, 11) is -3.56. The van der Waals surface area contributed by atoms with Gasteiger partial charge in [0.2, 0.25) is 15.2 Å². The summed E-state index contributed by atoms with van der Waals surface area (Å²) in [5.41, 5.74) is 1.17. The third kappa shape index (κ3) is 4.81. The van der Waals surface area contributed by atoms with Gasteiger partial charge in [-0.25, -0.2) is 8.42 Å². The standard InChI is InChI=1S/C19H19ClN4O3S2/c1-3-24(4-2)29(26,27)16-11-7-13(8-12-16)17(25)21-19-23-22-18(28-19)14-5-9-15(20)10-6-14/h5-12H,3-4H2,1-2H3,(H,21,23,25). The summed E-state index contributed by atoms with van der Waals surface area (Å²) in [6.07, 6.45) is 0. The molecule has 0 bridgehead atoms. The molecule has 152 valence electrons. The zero-order valence-corrected chi connectivity index (χ0v) is 18.2. The lowest BCUT2D eigenvalue weighted by atomic mass is 10.2. The third-order valence-electron chi connectivity index (χ3n) is 4.20. The summed E-state index contributed by atoms with van der Waals surface area (Å²) in [5, 5.41) is 12.4. The number of anilines is 1. The van der Waals surface area contributed by atoms with Crippen molar-refractivity contribution in [3.05, 3.63) is 59.1 Å². The summed E-state index contributed by atoms with van der Waals surface area (Å²) in [6.45, 7) is 4.33. The van der Waals surface area contributed by atoms with Crippen molar-refractivity contribution in [2.75, 3.05) is 18.4 Å². The SMILES string of the molecule is CCN(CC)S(=O)(=O)c1ccc(C(=O)Nc2nnc(-c3ccc(Cl)cc3)s2)cc1. The number of carbonyl (C=O) groups excluding carboxylic acids is 1. The molecule has 0 unspecified atom stereocenters. The van der Waals surface area contributed by atoms with Gasteiger partial charge in [-0.05, 0) is 36.4 Å². The van der Waals surface area contributed by atoms with Crippen LogP contribution in [0.15, 0.2) is 53.4 Å².